The van der Waals surface area contributed by atoms with Crippen molar-refractivity contribution in [2.24, 2.45) is 0 Å². The van der Waals surface area contributed by atoms with Gasteiger partial charge in [0.05, 0.1) is 12.1 Å². The molecular weight excluding hydrogens is 295 g/mol. The smallest absolute Gasteiger partial charge is 0.273 e. The average molecular weight is 314 g/mol. The number of aliphatic hydroxyl groups excluding tert-OH is 1. The van der Waals surface area contributed by atoms with Crippen molar-refractivity contribution in [3.8, 4) is 0 Å². The summed E-state index contributed by atoms with van der Waals surface area (Å²) in [4.78, 5) is 18.5. The topological polar surface area (TPSA) is 53.4 Å². The fourth-order valence-electron chi connectivity index (χ4n) is 3.03. The quantitative estimate of drug-likeness (QED) is 0.948. The van der Waals surface area contributed by atoms with Gasteiger partial charge in [-0.25, -0.2) is 4.39 Å². The molecule has 0 aliphatic carbocycles. The molecular formula is C18H19FN2O2. The molecule has 2 heterocycles. The number of hydrogen-bond acceptors (Lipinski definition) is 3. The van der Waals surface area contributed by atoms with Gasteiger partial charge in [-0.2, -0.15) is 0 Å². The van der Waals surface area contributed by atoms with Crippen LogP contribution in [0.15, 0.2) is 42.6 Å². The van der Waals surface area contributed by atoms with E-state index >= 15 is 0 Å². The molecule has 23 heavy (non-hydrogen) atoms. The van der Waals surface area contributed by atoms with Gasteiger partial charge in [-0.3, -0.25) is 9.78 Å². The SMILES string of the molecule is CCc1ccnc(C(=O)N2C[C@@H](O)C[C@H]2c2cccc(F)c2)c1. The van der Waals surface area contributed by atoms with E-state index in [1.54, 1.807) is 29.3 Å². The fraction of sp³-hybridized carbons (Fsp3) is 0.333. The van der Waals surface area contributed by atoms with Crippen LogP contribution in [0.25, 0.3) is 0 Å². The average Bonchev–Trinajstić information content (AvgIpc) is 2.96. The Kier molecular flexibility index (Phi) is 4.39. The number of rotatable bonds is 3. The third-order valence-electron chi connectivity index (χ3n) is 4.23. The highest BCUT2D eigenvalue weighted by Crippen LogP contribution is 2.33. The van der Waals surface area contributed by atoms with Gasteiger partial charge < -0.3 is 10.0 Å². The monoisotopic (exact) mass is 314 g/mol. The Morgan fingerprint density at radius 3 is 2.96 bits per heavy atom. The summed E-state index contributed by atoms with van der Waals surface area (Å²) in [6, 6.07) is 9.50. The Morgan fingerprint density at radius 2 is 2.22 bits per heavy atom. The van der Waals surface area contributed by atoms with Gasteiger partial charge in [0.15, 0.2) is 0 Å². The molecule has 1 N–H and O–H groups in total. The minimum absolute atomic E-state index is 0.230. The molecule has 0 saturated carbocycles. The largest absolute Gasteiger partial charge is 0.391 e. The fourth-order valence-corrected chi connectivity index (χ4v) is 3.03. The third-order valence-corrected chi connectivity index (χ3v) is 4.23. The van der Waals surface area contributed by atoms with Crippen LogP contribution < -0.4 is 0 Å². The minimum Gasteiger partial charge on any atom is -0.391 e. The van der Waals surface area contributed by atoms with Gasteiger partial charge in [0.2, 0.25) is 0 Å². The molecule has 1 aliphatic rings. The van der Waals surface area contributed by atoms with Crippen LogP contribution in [0.5, 0.6) is 0 Å². The molecule has 1 amide bonds. The van der Waals surface area contributed by atoms with Gasteiger partial charge >= 0.3 is 0 Å². The van der Waals surface area contributed by atoms with Crippen molar-refractivity contribution in [2.75, 3.05) is 6.54 Å². The van der Waals surface area contributed by atoms with Crippen molar-refractivity contribution >= 4 is 5.91 Å². The normalized spacial score (nSPS) is 20.7. The zero-order chi connectivity index (χ0) is 16.4. The second-order valence-electron chi connectivity index (χ2n) is 5.82. The summed E-state index contributed by atoms with van der Waals surface area (Å²) in [6.07, 6.45) is 2.23. The number of hydrogen-bond donors (Lipinski definition) is 1. The van der Waals surface area contributed by atoms with E-state index < -0.39 is 6.10 Å². The number of amides is 1. The maximum Gasteiger partial charge on any atom is 0.273 e. The third kappa shape index (κ3) is 3.24. The van der Waals surface area contributed by atoms with E-state index in [-0.39, 0.29) is 24.3 Å². The predicted molar refractivity (Wildman–Crippen MR) is 84.4 cm³/mol. The first-order valence-corrected chi connectivity index (χ1v) is 7.78. The van der Waals surface area contributed by atoms with Gasteiger partial charge in [0.25, 0.3) is 5.91 Å². The maximum absolute atomic E-state index is 13.5. The molecule has 0 spiro atoms. The number of β-amino-alcohol motifs (C(OH)–C–C–N with tert-alkyl or cyclic N) is 1. The minimum atomic E-state index is -0.610. The lowest BCUT2D eigenvalue weighted by Gasteiger charge is -2.24. The molecule has 5 heteroatoms. The molecule has 1 fully saturated rings. The summed E-state index contributed by atoms with van der Waals surface area (Å²) in [6.45, 7) is 2.25. The Bertz CT molecular complexity index is 720. The van der Waals surface area contributed by atoms with E-state index in [1.165, 1.54) is 12.1 Å². The van der Waals surface area contributed by atoms with E-state index in [0.717, 1.165) is 12.0 Å². The summed E-state index contributed by atoms with van der Waals surface area (Å²) in [5.41, 5.74) is 2.09. The van der Waals surface area contributed by atoms with Crippen molar-refractivity contribution in [3.63, 3.8) is 0 Å². The van der Waals surface area contributed by atoms with Crippen molar-refractivity contribution in [1.29, 1.82) is 0 Å². The van der Waals surface area contributed by atoms with Crippen LogP contribution in [0, 0.1) is 5.82 Å². The number of likely N-dealkylation sites (tertiary alicyclic amines) is 1. The molecule has 0 bridgehead atoms. The number of benzene rings is 1. The highest BCUT2D eigenvalue weighted by Gasteiger charge is 2.36. The first kappa shape index (κ1) is 15.6. The molecule has 2 atom stereocenters. The first-order chi connectivity index (χ1) is 11.1. The van der Waals surface area contributed by atoms with Crippen LogP contribution >= 0.6 is 0 Å². The number of aryl methyl sites for hydroxylation is 1. The standard InChI is InChI=1S/C18H19FN2O2/c1-2-12-6-7-20-16(8-12)18(23)21-11-15(22)10-17(21)13-4-3-5-14(19)9-13/h3-9,15,17,22H,2,10-11H2,1H3/t15-,17-/m0/s1. The summed E-state index contributed by atoms with van der Waals surface area (Å²) < 4.78 is 13.5. The second-order valence-corrected chi connectivity index (χ2v) is 5.82. The molecule has 3 rings (SSSR count). The molecule has 0 unspecified atom stereocenters. The van der Waals surface area contributed by atoms with Crippen molar-refractivity contribution in [2.45, 2.75) is 31.9 Å². The Morgan fingerprint density at radius 1 is 1.39 bits per heavy atom. The zero-order valence-electron chi connectivity index (χ0n) is 12.9. The number of pyridine rings is 1. The molecule has 0 radical (unpaired) electrons. The van der Waals surface area contributed by atoms with Gasteiger partial charge in [0, 0.05) is 12.7 Å². The Hall–Kier alpha value is -2.27. The van der Waals surface area contributed by atoms with Crippen LogP contribution in [0.4, 0.5) is 4.39 Å². The van der Waals surface area contributed by atoms with Gasteiger partial charge in [-0.1, -0.05) is 19.1 Å². The molecule has 2 aromatic rings. The summed E-state index contributed by atoms with van der Waals surface area (Å²) >= 11 is 0. The van der Waals surface area contributed by atoms with Crippen molar-refractivity contribution < 1.29 is 14.3 Å². The summed E-state index contributed by atoms with van der Waals surface area (Å²) in [7, 11) is 0. The van der Waals surface area contributed by atoms with Crippen LogP contribution in [-0.4, -0.2) is 33.5 Å². The van der Waals surface area contributed by atoms with E-state index in [4.69, 9.17) is 0 Å². The molecule has 120 valence electrons. The number of carbonyl (C=O) groups is 1. The number of aliphatic hydroxyl groups is 1. The first-order valence-electron chi connectivity index (χ1n) is 7.78. The van der Waals surface area contributed by atoms with Gasteiger partial charge in [0.1, 0.15) is 11.5 Å². The van der Waals surface area contributed by atoms with Crippen LogP contribution in [0.3, 0.4) is 0 Å². The van der Waals surface area contributed by atoms with Crippen molar-refractivity contribution in [3.05, 3.63) is 65.2 Å². The summed E-state index contributed by atoms with van der Waals surface area (Å²) in [5, 5.41) is 9.99. The highest BCUT2D eigenvalue weighted by molar-refractivity contribution is 5.93. The van der Waals surface area contributed by atoms with Crippen LogP contribution in [0.2, 0.25) is 0 Å². The lowest BCUT2D eigenvalue weighted by atomic mass is 10.0. The molecule has 4 nitrogen and oxygen atoms in total. The van der Waals surface area contributed by atoms with Crippen LogP contribution in [-0.2, 0) is 6.42 Å². The number of nitrogens with zero attached hydrogens (tertiary/aromatic N) is 2. The van der Waals surface area contributed by atoms with Gasteiger partial charge in [-0.05, 0) is 48.2 Å². The van der Waals surface area contributed by atoms with E-state index in [1.807, 2.05) is 13.0 Å². The number of aromatic nitrogens is 1. The van der Waals surface area contributed by atoms with Crippen molar-refractivity contribution in [1.82, 2.24) is 9.88 Å². The molecule has 1 aromatic carbocycles. The maximum atomic E-state index is 13.5. The lowest BCUT2D eigenvalue weighted by Crippen LogP contribution is -2.32. The van der Waals surface area contributed by atoms with Crippen LogP contribution in [0.1, 0.15) is 41.0 Å². The molecule has 1 aliphatic heterocycles. The molecule has 1 saturated heterocycles. The Labute approximate surface area is 134 Å². The van der Waals surface area contributed by atoms with E-state index in [2.05, 4.69) is 4.98 Å². The predicted octanol–water partition coefficient (Wildman–Crippen LogP) is 2.73. The number of carbonyl (C=O) groups excluding carboxylic acids is 1. The molecule has 1 aromatic heterocycles. The highest BCUT2D eigenvalue weighted by atomic mass is 19.1. The zero-order valence-corrected chi connectivity index (χ0v) is 12.9. The van der Waals surface area contributed by atoms with E-state index in [0.29, 0.717) is 17.7 Å². The van der Waals surface area contributed by atoms with Gasteiger partial charge in [-0.15, -0.1) is 0 Å². The van der Waals surface area contributed by atoms with E-state index in [9.17, 15) is 14.3 Å². The summed E-state index contributed by atoms with van der Waals surface area (Å²) in [5.74, 6) is -0.575. The second kappa shape index (κ2) is 6.46. The Balaban J connectivity index is 1.91. The lowest BCUT2D eigenvalue weighted by molar-refractivity contribution is 0.0709. The number of halogens is 1.